The van der Waals surface area contributed by atoms with Crippen LogP contribution in [-0.4, -0.2) is 22.3 Å². The van der Waals surface area contributed by atoms with Crippen LogP contribution in [0.2, 0.25) is 0 Å². The van der Waals surface area contributed by atoms with Gasteiger partial charge in [0.15, 0.2) is 0 Å². The molecule has 138 valence electrons. The molecule has 0 aliphatic heterocycles. The van der Waals surface area contributed by atoms with Crippen molar-refractivity contribution in [2.45, 2.75) is 19.9 Å². The number of hydrogen-bond donors (Lipinski definition) is 1. The number of hydrogen-bond acceptors (Lipinski definition) is 3. The minimum atomic E-state index is -0.0465. The number of amides is 1. The van der Waals surface area contributed by atoms with Crippen LogP contribution < -0.4 is 0 Å². The number of carbonyl (C=O) groups is 1. The molecule has 0 saturated heterocycles. The Bertz CT molecular complexity index is 1050. The molecule has 0 spiro atoms. The van der Waals surface area contributed by atoms with Crippen LogP contribution in [0.15, 0.2) is 60.9 Å². The van der Waals surface area contributed by atoms with Crippen LogP contribution in [0, 0.1) is 22.7 Å². The third-order valence-corrected chi connectivity index (χ3v) is 4.64. The molecule has 5 nitrogen and oxygen atoms in total. The molecule has 5 heteroatoms. The lowest BCUT2D eigenvalue weighted by Crippen LogP contribution is -2.30. The minimum absolute atomic E-state index is 0.0465. The van der Waals surface area contributed by atoms with Gasteiger partial charge in [0.25, 0.3) is 5.91 Å². The maximum absolute atomic E-state index is 13.1. The van der Waals surface area contributed by atoms with Gasteiger partial charge in [-0.2, -0.15) is 10.5 Å². The summed E-state index contributed by atoms with van der Waals surface area (Å²) in [7, 11) is 0. The quantitative estimate of drug-likeness (QED) is 0.713. The average molecular weight is 368 g/mol. The van der Waals surface area contributed by atoms with Gasteiger partial charge in [0.1, 0.15) is 0 Å². The number of nitrogens with one attached hydrogen (secondary N) is 1. The Morgan fingerprint density at radius 1 is 1.00 bits per heavy atom. The van der Waals surface area contributed by atoms with Crippen LogP contribution in [0.3, 0.4) is 0 Å². The summed E-state index contributed by atoms with van der Waals surface area (Å²) >= 11 is 0. The van der Waals surface area contributed by atoms with Gasteiger partial charge in [0.2, 0.25) is 0 Å². The maximum Gasteiger partial charge on any atom is 0.255 e. The summed E-state index contributed by atoms with van der Waals surface area (Å²) in [6, 6.07) is 18.9. The summed E-state index contributed by atoms with van der Waals surface area (Å²) in [4.78, 5) is 17.9. The van der Waals surface area contributed by atoms with Crippen LogP contribution in [0.5, 0.6) is 0 Å². The van der Waals surface area contributed by atoms with Gasteiger partial charge in [-0.05, 0) is 54.3 Å². The summed E-state index contributed by atoms with van der Waals surface area (Å²) < 4.78 is 0. The molecule has 0 unspecified atom stereocenters. The Kier molecular flexibility index (Phi) is 5.89. The van der Waals surface area contributed by atoms with Crippen LogP contribution in [0.1, 0.15) is 45.1 Å². The molecule has 0 bridgehead atoms. The van der Waals surface area contributed by atoms with E-state index in [2.05, 4.69) is 17.1 Å². The molecule has 2 aromatic carbocycles. The highest BCUT2D eigenvalue weighted by Crippen LogP contribution is 2.18. The van der Waals surface area contributed by atoms with Crippen molar-refractivity contribution in [2.75, 3.05) is 6.54 Å². The molecule has 0 aliphatic rings. The maximum atomic E-state index is 13.1. The Morgan fingerprint density at radius 3 is 2.43 bits per heavy atom. The second-order valence-corrected chi connectivity index (χ2v) is 6.51. The first-order chi connectivity index (χ1) is 13.6. The van der Waals surface area contributed by atoms with Gasteiger partial charge < -0.3 is 9.88 Å². The Labute approximate surface area is 164 Å². The zero-order chi connectivity index (χ0) is 19.9. The van der Waals surface area contributed by atoms with Crippen molar-refractivity contribution in [2.24, 2.45) is 0 Å². The smallest absolute Gasteiger partial charge is 0.255 e. The molecule has 0 radical (unpaired) electrons. The van der Waals surface area contributed by atoms with Gasteiger partial charge in [-0.15, -0.1) is 0 Å². The summed E-state index contributed by atoms with van der Waals surface area (Å²) in [5, 5.41) is 18.0. The number of aromatic amines is 1. The molecule has 1 heterocycles. The van der Waals surface area contributed by atoms with Gasteiger partial charge in [-0.3, -0.25) is 4.79 Å². The molecule has 0 atom stereocenters. The fourth-order valence-electron chi connectivity index (χ4n) is 3.12. The lowest BCUT2D eigenvalue weighted by atomic mass is 10.0. The minimum Gasteiger partial charge on any atom is -0.367 e. The van der Waals surface area contributed by atoms with Crippen molar-refractivity contribution in [3.8, 4) is 12.1 Å². The predicted molar refractivity (Wildman–Crippen MR) is 106 cm³/mol. The monoisotopic (exact) mass is 368 g/mol. The molecule has 28 heavy (non-hydrogen) atoms. The molecule has 3 aromatic rings. The lowest BCUT2D eigenvalue weighted by molar-refractivity contribution is 0.0752. The first-order valence-electron chi connectivity index (χ1n) is 9.07. The van der Waals surface area contributed by atoms with E-state index in [1.807, 2.05) is 43.5 Å². The van der Waals surface area contributed by atoms with Crippen LogP contribution in [0.25, 0.3) is 0 Å². The second-order valence-electron chi connectivity index (χ2n) is 6.51. The SMILES string of the molecule is CCN(Cc1cccc(C#N)c1)C(=O)c1c[nH]cc1Cc1ccc(C#N)cc1. The largest absolute Gasteiger partial charge is 0.367 e. The number of benzene rings is 2. The second kappa shape index (κ2) is 8.70. The van der Waals surface area contributed by atoms with Crippen LogP contribution >= 0.6 is 0 Å². The fraction of sp³-hybridized carbons (Fsp3) is 0.174. The number of H-pyrrole nitrogens is 1. The first kappa shape index (κ1) is 18.9. The van der Waals surface area contributed by atoms with Gasteiger partial charge in [0, 0.05) is 25.5 Å². The number of aromatic nitrogens is 1. The summed E-state index contributed by atoms with van der Waals surface area (Å²) in [6.07, 6.45) is 4.18. The number of nitrogens with zero attached hydrogens (tertiary/aromatic N) is 3. The van der Waals surface area contributed by atoms with E-state index in [4.69, 9.17) is 10.5 Å². The van der Waals surface area contributed by atoms with E-state index in [0.717, 1.165) is 16.7 Å². The van der Waals surface area contributed by atoms with Crippen LogP contribution in [0.4, 0.5) is 0 Å². The van der Waals surface area contributed by atoms with Crippen molar-refractivity contribution >= 4 is 5.91 Å². The van der Waals surface area contributed by atoms with Gasteiger partial charge in [0.05, 0.1) is 28.8 Å². The van der Waals surface area contributed by atoms with E-state index in [0.29, 0.717) is 36.2 Å². The van der Waals surface area contributed by atoms with E-state index < -0.39 is 0 Å². The number of rotatable bonds is 6. The van der Waals surface area contributed by atoms with Crippen molar-refractivity contribution in [3.63, 3.8) is 0 Å². The zero-order valence-electron chi connectivity index (χ0n) is 15.6. The predicted octanol–water partition coefficient (Wildman–Crippen LogP) is 4.01. The van der Waals surface area contributed by atoms with E-state index in [9.17, 15) is 4.79 Å². The average Bonchev–Trinajstić information content (AvgIpc) is 3.20. The Hall–Kier alpha value is -3.83. The fourth-order valence-corrected chi connectivity index (χ4v) is 3.12. The van der Waals surface area contributed by atoms with E-state index >= 15 is 0 Å². The molecular weight excluding hydrogens is 348 g/mol. The highest BCUT2D eigenvalue weighted by Gasteiger charge is 2.19. The van der Waals surface area contributed by atoms with Crippen molar-refractivity contribution < 1.29 is 4.79 Å². The summed E-state index contributed by atoms with van der Waals surface area (Å²) in [5.74, 6) is -0.0465. The van der Waals surface area contributed by atoms with Crippen LogP contribution in [-0.2, 0) is 13.0 Å². The lowest BCUT2D eigenvalue weighted by Gasteiger charge is -2.21. The van der Waals surface area contributed by atoms with Crippen molar-refractivity contribution in [1.82, 2.24) is 9.88 Å². The molecule has 1 N–H and O–H groups in total. The van der Waals surface area contributed by atoms with Gasteiger partial charge >= 0.3 is 0 Å². The van der Waals surface area contributed by atoms with E-state index in [-0.39, 0.29) is 5.91 Å². The molecule has 0 saturated carbocycles. The molecule has 0 fully saturated rings. The molecule has 0 aliphatic carbocycles. The molecular formula is C23H20N4O. The summed E-state index contributed by atoms with van der Waals surface area (Å²) in [6.45, 7) is 2.96. The van der Waals surface area contributed by atoms with E-state index in [1.54, 1.807) is 29.3 Å². The van der Waals surface area contributed by atoms with Crippen molar-refractivity contribution in [3.05, 3.63) is 94.3 Å². The van der Waals surface area contributed by atoms with E-state index in [1.165, 1.54) is 0 Å². The Balaban J connectivity index is 1.78. The molecule has 1 amide bonds. The number of carbonyl (C=O) groups excluding carboxylic acids is 1. The summed E-state index contributed by atoms with van der Waals surface area (Å²) in [5.41, 5.74) is 4.73. The first-order valence-corrected chi connectivity index (χ1v) is 9.07. The van der Waals surface area contributed by atoms with Crippen molar-refractivity contribution in [1.29, 1.82) is 10.5 Å². The third-order valence-electron chi connectivity index (χ3n) is 4.64. The number of nitriles is 2. The Morgan fingerprint density at radius 2 is 1.75 bits per heavy atom. The standard InChI is InChI=1S/C23H20N4O/c1-2-27(16-20-5-3-4-19(10-20)13-25)23(28)22-15-26-14-21(22)11-17-6-8-18(12-24)9-7-17/h3-10,14-15,26H,2,11,16H2,1H3. The molecule has 1 aromatic heterocycles. The normalized spacial score (nSPS) is 10.1. The third kappa shape index (κ3) is 4.28. The zero-order valence-corrected chi connectivity index (χ0v) is 15.6. The molecule has 3 rings (SSSR count). The van der Waals surface area contributed by atoms with Gasteiger partial charge in [-0.1, -0.05) is 24.3 Å². The topological polar surface area (TPSA) is 83.7 Å². The highest BCUT2D eigenvalue weighted by atomic mass is 16.2. The highest BCUT2D eigenvalue weighted by molar-refractivity contribution is 5.95. The van der Waals surface area contributed by atoms with Gasteiger partial charge in [-0.25, -0.2) is 0 Å².